The topological polar surface area (TPSA) is 91.2 Å². The van der Waals surface area contributed by atoms with Gasteiger partial charge in [-0.25, -0.2) is 9.50 Å². The van der Waals surface area contributed by atoms with E-state index < -0.39 is 0 Å². The third-order valence-electron chi connectivity index (χ3n) is 5.78. The summed E-state index contributed by atoms with van der Waals surface area (Å²) >= 11 is 0. The zero-order valence-electron chi connectivity index (χ0n) is 17.4. The minimum absolute atomic E-state index is 0.296. The molecule has 1 fully saturated rings. The molecule has 0 aromatic carbocycles. The number of hydrogen-bond acceptors (Lipinski definition) is 6. The number of unbranched alkanes of at least 4 members (excludes halogenated alkanes) is 1. The Morgan fingerprint density at radius 1 is 1.17 bits per heavy atom. The standard InChI is InChI=1S/C22H30N6O/c1-3-4-12-29-22-26-20(23)21-24-14-18(28(21)27-22)13-17-10-11-19(25-15(17)2)16-8-6-5-7-9-16/h10-11,14,16H,3-9,12-13H2,1-2H3,(H2,23,26,27). The zero-order chi connectivity index (χ0) is 20.2. The smallest absolute Gasteiger partial charge is 0.336 e. The van der Waals surface area contributed by atoms with Gasteiger partial charge in [-0.15, -0.1) is 5.10 Å². The largest absolute Gasteiger partial charge is 0.462 e. The average molecular weight is 395 g/mol. The lowest BCUT2D eigenvalue weighted by atomic mass is 9.86. The summed E-state index contributed by atoms with van der Waals surface area (Å²) in [6, 6.07) is 4.70. The SMILES string of the molecule is CCCCOc1nc(N)c2ncc(Cc3ccc(C4CCCCC4)nc3C)n2n1. The molecule has 29 heavy (non-hydrogen) atoms. The second-order valence-corrected chi connectivity index (χ2v) is 7.96. The van der Waals surface area contributed by atoms with E-state index in [1.54, 1.807) is 4.52 Å². The van der Waals surface area contributed by atoms with Gasteiger partial charge in [-0.05, 0) is 37.8 Å². The van der Waals surface area contributed by atoms with Crippen LogP contribution < -0.4 is 10.5 Å². The number of fused-ring (bicyclic) bond motifs is 1. The van der Waals surface area contributed by atoms with Crippen LogP contribution in [0.3, 0.4) is 0 Å². The van der Waals surface area contributed by atoms with E-state index in [2.05, 4.69) is 41.0 Å². The van der Waals surface area contributed by atoms with Gasteiger partial charge in [0.05, 0.1) is 18.5 Å². The van der Waals surface area contributed by atoms with Gasteiger partial charge in [-0.1, -0.05) is 38.7 Å². The Labute approximate surface area is 171 Å². The Bertz CT molecular complexity index is 977. The van der Waals surface area contributed by atoms with Crippen LogP contribution >= 0.6 is 0 Å². The normalized spacial score (nSPS) is 15.1. The van der Waals surface area contributed by atoms with Crippen molar-refractivity contribution in [3.05, 3.63) is 41.0 Å². The van der Waals surface area contributed by atoms with E-state index in [1.807, 2.05) is 6.20 Å². The summed E-state index contributed by atoms with van der Waals surface area (Å²) < 4.78 is 7.40. The predicted molar refractivity (Wildman–Crippen MR) is 113 cm³/mol. The number of nitrogens with zero attached hydrogens (tertiary/aromatic N) is 5. The van der Waals surface area contributed by atoms with E-state index in [4.69, 9.17) is 15.5 Å². The van der Waals surface area contributed by atoms with Gasteiger partial charge in [0.2, 0.25) is 0 Å². The van der Waals surface area contributed by atoms with Crippen LogP contribution in [0.25, 0.3) is 5.65 Å². The highest BCUT2D eigenvalue weighted by Crippen LogP contribution is 2.32. The molecule has 2 N–H and O–H groups in total. The van der Waals surface area contributed by atoms with Gasteiger partial charge in [0.1, 0.15) is 0 Å². The van der Waals surface area contributed by atoms with Crippen molar-refractivity contribution in [3.63, 3.8) is 0 Å². The van der Waals surface area contributed by atoms with Crippen molar-refractivity contribution in [2.24, 2.45) is 0 Å². The fraction of sp³-hybridized carbons (Fsp3) is 0.545. The molecule has 4 rings (SSSR count). The van der Waals surface area contributed by atoms with E-state index >= 15 is 0 Å². The van der Waals surface area contributed by atoms with Gasteiger partial charge in [0.25, 0.3) is 0 Å². The summed E-state index contributed by atoms with van der Waals surface area (Å²) in [4.78, 5) is 13.6. The first-order chi connectivity index (χ1) is 14.2. The fourth-order valence-electron chi connectivity index (χ4n) is 4.03. The molecule has 0 radical (unpaired) electrons. The summed E-state index contributed by atoms with van der Waals surface area (Å²) in [5.41, 5.74) is 11.1. The van der Waals surface area contributed by atoms with Crippen molar-refractivity contribution < 1.29 is 4.74 Å². The van der Waals surface area contributed by atoms with E-state index in [0.717, 1.165) is 24.2 Å². The summed E-state index contributed by atoms with van der Waals surface area (Å²) in [7, 11) is 0. The van der Waals surface area contributed by atoms with Crippen molar-refractivity contribution in [2.75, 3.05) is 12.3 Å². The molecule has 0 unspecified atom stereocenters. The van der Waals surface area contributed by atoms with E-state index in [1.165, 1.54) is 43.4 Å². The number of hydrogen-bond donors (Lipinski definition) is 1. The van der Waals surface area contributed by atoms with Crippen LogP contribution in [0.15, 0.2) is 18.3 Å². The Morgan fingerprint density at radius 2 is 2.00 bits per heavy atom. The quantitative estimate of drug-likeness (QED) is 0.603. The lowest BCUT2D eigenvalue weighted by Gasteiger charge is -2.21. The van der Waals surface area contributed by atoms with Crippen LogP contribution in [0.1, 0.15) is 80.4 Å². The lowest BCUT2D eigenvalue weighted by Crippen LogP contribution is -2.10. The first kappa shape index (κ1) is 19.6. The third kappa shape index (κ3) is 4.33. The van der Waals surface area contributed by atoms with Gasteiger partial charge in [-0.3, -0.25) is 4.98 Å². The van der Waals surface area contributed by atoms with Crippen molar-refractivity contribution in [1.29, 1.82) is 0 Å². The second-order valence-electron chi connectivity index (χ2n) is 7.96. The zero-order valence-corrected chi connectivity index (χ0v) is 17.4. The molecular formula is C22H30N6O. The maximum Gasteiger partial charge on any atom is 0.336 e. The number of aryl methyl sites for hydroxylation is 1. The molecule has 0 aliphatic heterocycles. The highest BCUT2D eigenvalue weighted by molar-refractivity contribution is 5.59. The Balaban J connectivity index is 1.57. The molecule has 7 heteroatoms. The lowest BCUT2D eigenvalue weighted by molar-refractivity contribution is 0.280. The van der Waals surface area contributed by atoms with Crippen molar-refractivity contribution in [2.45, 2.75) is 71.1 Å². The molecule has 0 saturated heterocycles. The van der Waals surface area contributed by atoms with Crippen LogP contribution in [-0.4, -0.2) is 31.2 Å². The van der Waals surface area contributed by atoms with Gasteiger partial charge in [-0.2, -0.15) is 4.98 Å². The van der Waals surface area contributed by atoms with Gasteiger partial charge in [0, 0.05) is 23.7 Å². The fourth-order valence-corrected chi connectivity index (χ4v) is 4.03. The molecule has 0 amide bonds. The van der Waals surface area contributed by atoms with Gasteiger partial charge in [0.15, 0.2) is 11.5 Å². The average Bonchev–Trinajstić information content (AvgIpc) is 3.14. The summed E-state index contributed by atoms with van der Waals surface area (Å²) in [6.07, 6.45) is 11.0. The number of anilines is 1. The van der Waals surface area contributed by atoms with Crippen molar-refractivity contribution >= 4 is 11.5 Å². The Morgan fingerprint density at radius 3 is 2.76 bits per heavy atom. The minimum Gasteiger partial charge on any atom is -0.462 e. The highest BCUT2D eigenvalue weighted by Gasteiger charge is 2.18. The monoisotopic (exact) mass is 394 g/mol. The number of nitrogens with two attached hydrogens (primary N) is 1. The number of ether oxygens (including phenoxy) is 1. The predicted octanol–water partition coefficient (Wildman–Crippen LogP) is 4.23. The molecule has 0 atom stereocenters. The summed E-state index contributed by atoms with van der Waals surface area (Å²) in [5.74, 6) is 0.947. The first-order valence-electron chi connectivity index (χ1n) is 10.7. The maximum atomic E-state index is 6.07. The minimum atomic E-state index is 0.296. The van der Waals surface area contributed by atoms with Crippen LogP contribution in [-0.2, 0) is 6.42 Å². The van der Waals surface area contributed by atoms with Gasteiger partial charge < -0.3 is 10.5 Å². The molecule has 1 aliphatic carbocycles. The second kappa shape index (κ2) is 8.76. The molecule has 3 aromatic heterocycles. The molecule has 7 nitrogen and oxygen atoms in total. The number of imidazole rings is 1. The number of aromatic nitrogens is 5. The molecule has 1 aliphatic rings. The van der Waals surface area contributed by atoms with Crippen LogP contribution in [0.2, 0.25) is 0 Å². The first-order valence-corrected chi connectivity index (χ1v) is 10.7. The molecule has 0 bridgehead atoms. The molecule has 3 heterocycles. The van der Waals surface area contributed by atoms with Crippen molar-refractivity contribution in [3.8, 4) is 6.01 Å². The van der Waals surface area contributed by atoms with E-state index in [-0.39, 0.29) is 0 Å². The maximum absolute atomic E-state index is 6.07. The molecule has 0 spiro atoms. The molecular weight excluding hydrogens is 364 g/mol. The number of nitrogen functional groups attached to an aromatic ring is 1. The third-order valence-corrected chi connectivity index (χ3v) is 5.78. The van der Waals surface area contributed by atoms with Gasteiger partial charge >= 0.3 is 6.01 Å². The number of pyridine rings is 1. The molecule has 154 valence electrons. The van der Waals surface area contributed by atoms with Crippen molar-refractivity contribution in [1.82, 2.24) is 24.6 Å². The summed E-state index contributed by atoms with van der Waals surface area (Å²) in [6.45, 7) is 4.79. The van der Waals surface area contributed by atoms with E-state index in [0.29, 0.717) is 36.4 Å². The Kier molecular flexibility index (Phi) is 5.92. The molecule has 1 saturated carbocycles. The van der Waals surface area contributed by atoms with Crippen LogP contribution in [0.4, 0.5) is 5.82 Å². The number of rotatable bonds is 7. The summed E-state index contributed by atoms with van der Waals surface area (Å²) in [5, 5.41) is 4.51. The van der Waals surface area contributed by atoms with E-state index in [9.17, 15) is 0 Å². The highest BCUT2D eigenvalue weighted by atomic mass is 16.5. The van der Waals surface area contributed by atoms with Crippen LogP contribution in [0.5, 0.6) is 6.01 Å². The van der Waals surface area contributed by atoms with Crippen LogP contribution in [0, 0.1) is 6.92 Å². The molecule has 3 aromatic rings. The Hall–Kier alpha value is -2.70.